The maximum atomic E-state index is 12.1. The smallest absolute Gasteiger partial charge is 0.345 e. The van der Waals surface area contributed by atoms with Crippen molar-refractivity contribution in [3.05, 3.63) is 68.7 Å². The Hall–Kier alpha value is -3.46. The maximum absolute atomic E-state index is 12.1. The van der Waals surface area contributed by atoms with Gasteiger partial charge in [-0.15, -0.1) is 0 Å². The van der Waals surface area contributed by atoms with Crippen LogP contribution < -0.4 is 5.32 Å². The molecule has 0 aliphatic heterocycles. The van der Waals surface area contributed by atoms with Gasteiger partial charge in [-0.25, -0.2) is 9.59 Å². The first kappa shape index (κ1) is 19.9. The zero-order chi connectivity index (χ0) is 20.0. The summed E-state index contributed by atoms with van der Waals surface area (Å²) in [5.41, 5.74) is -0.597. The second-order valence-electron chi connectivity index (χ2n) is 5.08. The van der Waals surface area contributed by atoms with Crippen molar-refractivity contribution in [2.24, 2.45) is 0 Å². The number of ether oxygens (including phenoxy) is 2. The number of esters is 2. The summed E-state index contributed by atoms with van der Waals surface area (Å²) in [5.74, 6) is -2.48. The number of hydrogen-bond acceptors (Lipinski definition) is 7. The van der Waals surface area contributed by atoms with Crippen LogP contribution in [-0.4, -0.2) is 36.5 Å². The Bertz CT molecular complexity index is 914. The van der Waals surface area contributed by atoms with Crippen molar-refractivity contribution in [2.45, 2.75) is 0 Å². The normalized spacial score (nSPS) is 10.0. The van der Waals surface area contributed by atoms with E-state index in [0.717, 1.165) is 12.1 Å². The fourth-order valence-electron chi connectivity index (χ4n) is 2.11. The quantitative estimate of drug-likeness (QED) is 0.455. The second-order valence-corrected chi connectivity index (χ2v) is 5.52. The zero-order valence-electron chi connectivity index (χ0n) is 13.9. The van der Waals surface area contributed by atoms with E-state index in [1.165, 1.54) is 25.3 Å². The van der Waals surface area contributed by atoms with E-state index in [-0.39, 0.29) is 21.8 Å². The van der Waals surface area contributed by atoms with Crippen LogP contribution in [0.15, 0.2) is 42.5 Å². The monoisotopic (exact) mass is 392 g/mol. The molecular formula is C17H13ClN2O7. The summed E-state index contributed by atoms with van der Waals surface area (Å²) >= 11 is 5.74. The van der Waals surface area contributed by atoms with Gasteiger partial charge in [-0.2, -0.15) is 0 Å². The Morgan fingerprint density at radius 2 is 1.81 bits per heavy atom. The van der Waals surface area contributed by atoms with Gasteiger partial charge in [0.1, 0.15) is 5.56 Å². The van der Waals surface area contributed by atoms with E-state index in [0.29, 0.717) is 0 Å². The second kappa shape index (κ2) is 8.77. The van der Waals surface area contributed by atoms with Gasteiger partial charge in [-0.1, -0.05) is 23.7 Å². The number of amides is 1. The molecule has 0 bridgehead atoms. The van der Waals surface area contributed by atoms with Gasteiger partial charge in [0.15, 0.2) is 6.61 Å². The first-order valence-corrected chi connectivity index (χ1v) is 7.79. The van der Waals surface area contributed by atoms with Crippen LogP contribution in [0.2, 0.25) is 5.02 Å². The lowest BCUT2D eigenvalue weighted by molar-refractivity contribution is -0.385. The van der Waals surface area contributed by atoms with Crippen LogP contribution in [0.25, 0.3) is 0 Å². The molecule has 0 atom stereocenters. The number of halogens is 1. The highest BCUT2D eigenvalue weighted by Crippen LogP contribution is 2.23. The molecule has 1 N–H and O–H groups in total. The predicted molar refractivity (Wildman–Crippen MR) is 94.8 cm³/mol. The Labute approximate surface area is 158 Å². The summed E-state index contributed by atoms with van der Waals surface area (Å²) in [7, 11) is 1.20. The largest absolute Gasteiger partial charge is 0.465 e. The van der Waals surface area contributed by atoms with E-state index in [9.17, 15) is 24.5 Å². The SMILES string of the molecule is COC(=O)c1ccccc1NC(=O)COC(=O)c1cc(Cl)ccc1[N+](=O)[O-]. The van der Waals surface area contributed by atoms with Crippen LogP contribution in [0.1, 0.15) is 20.7 Å². The van der Waals surface area contributed by atoms with Crippen molar-refractivity contribution in [3.8, 4) is 0 Å². The number of benzene rings is 2. The third kappa shape index (κ3) is 5.02. The highest BCUT2D eigenvalue weighted by atomic mass is 35.5. The molecule has 0 saturated carbocycles. The number of nitro groups is 1. The standard InChI is InChI=1S/C17H13ClN2O7/c1-26-16(22)11-4-2-3-5-13(11)19-15(21)9-27-17(23)12-8-10(18)6-7-14(12)20(24)25/h2-8H,9H2,1H3,(H,19,21). The van der Waals surface area contributed by atoms with Gasteiger partial charge in [-0.05, 0) is 24.3 Å². The topological polar surface area (TPSA) is 125 Å². The van der Waals surface area contributed by atoms with Crippen molar-refractivity contribution in [1.29, 1.82) is 0 Å². The molecule has 0 fully saturated rings. The molecule has 9 nitrogen and oxygen atoms in total. The van der Waals surface area contributed by atoms with Gasteiger partial charge in [0.05, 0.1) is 23.3 Å². The van der Waals surface area contributed by atoms with Crippen LogP contribution in [-0.2, 0) is 14.3 Å². The number of nitro benzene ring substituents is 1. The first-order chi connectivity index (χ1) is 12.8. The first-order valence-electron chi connectivity index (χ1n) is 7.41. The summed E-state index contributed by atoms with van der Waals surface area (Å²) in [5, 5.41) is 13.5. The molecule has 0 saturated heterocycles. The highest BCUT2D eigenvalue weighted by molar-refractivity contribution is 6.31. The minimum Gasteiger partial charge on any atom is -0.465 e. The number of nitrogens with one attached hydrogen (secondary N) is 1. The summed E-state index contributed by atoms with van der Waals surface area (Å²) in [4.78, 5) is 45.9. The Balaban J connectivity index is 2.07. The van der Waals surface area contributed by atoms with Crippen molar-refractivity contribution in [1.82, 2.24) is 0 Å². The van der Waals surface area contributed by atoms with Crippen molar-refractivity contribution in [3.63, 3.8) is 0 Å². The van der Waals surface area contributed by atoms with Gasteiger partial charge in [-0.3, -0.25) is 14.9 Å². The molecule has 10 heteroatoms. The fraction of sp³-hybridized carbons (Fsp3) is 0.118. The van der Waals surface area contributed by atoms with Crippen LogP contribution in [0.3, 0.4) is 0 Å². The van der Waals surface area contributed by atoms with E-state index in [1.807, 2.05) is 0 Å². The van der Waals surface area contributed by atoms with E-state index in [2.05, 4.69) is 10.1 Å². The molecule has 2 aromatic rings. The third-order valence-electron chi connectivity index (χ3n) is 3.32. The third-order valence-corrected chi connectivity index (χ3v) is 3.55. The number of hydrogen-bond donors (Lipinski definition) is 1. The number of carbonyl (C=O) groups excluding carboxylic acids is 3. The van der Waals surface area contributed by atoms with Gasteiger partial charge >= 0.3 is 11.9 Å². The molecule has 0 aliphatic carbocycles. The minimum atomic E-state index is -1.08. The van der Waals surface area contributed by atoms with E-state index in [4.69, 9.17) is 16.3 Å². The van der Waals surface area contributed by atoms with Gasteiger partial charge in [0.2, 0.25) is 0 Å². The van der Waals surface area contributed by atoms with Crippen LogP contribution >= 0.6 is 11.6 Å². The lowest BCUT2D eigenvalue weighted by Crippen LogP contribution is -2.22. The summed E-state index contributed by atoms with van der Waals surface area (Å²) in [6.45, 7) is -0.724. The number of anilines is 1. The average molecular weight is 393 g/mol. The lowest BCUT2D eigenvalue weighted by Gasteiger charge is -2.10. The van der Waals surface area contributed by atoms with Crippen LogP contribution in [0, 0.1) is 10.1 Å². The minimum absolute atomic E-state index is 0.101. The van der Waals surface area contributed by atoms with Gasteiger partial charge < -0.3 is 14.8 Å². The summed E-state index contributed by atoms with van der Waals surface area (Å²) < 4.78 is 9.41. The van der Waals surface area contributed by atoms with Crippen LogP contribution in [0.4, 0.5) is 11.4 Å². The van der Waals surface area contributed by atoms with E-state index < -0.39 is 35.1 Å². The molecule has 0 spiro atoms. The molecule has 1 amide bonds. The Morgan fingerprint density at radius 3 is 2.48 bits per heavy atom. The summed E-state index contributed by atoms with van der Waals surface area (Å²) in [6.07, 6.45) is 0. The van der Waals surface area contributed by atoms with E-state index in [1.54, 1.807) is 12.1 Å². The molecule has 0 unspecified atom stereocenters. The molecule has 0 radical (unpaired) electrons. The molecular weight excluding hydrogens is 380 g/mol. The maximum Gasteiger partial charge on any atom is 0.345 e. The number of para-hydroxylation sites is 1. The Kier molecular flexibility index (Phi) is 6.45. The molecule has 0 aliphatic rings. The van der Waals surface area contributed by atoms with Crippen LogP contribution in [0.5, 0.6) is 0 Å². The van der Waals surface area contributed by atoms with Crippen molar-refractivity contribution < 1.29 is 28.8 Å². The molecule has 0 heterocycles. The highest BCUT2D eigenvalue weighted by Gasteiger charge is 2.23. The zero-order valence-corrected chi connectivity index (χ0v) is 14.7. The number of rotatable bonds is 6. The van der Waals surface area contributed by atoms with Crippen molar-refractivity contribution in [2.75, 3.05) is 19.0 Å². The molecule has 0 aromatic heterocycles. The number of carbonyl (C=O) groups is 3. The van der Waals surface area contributed by atoms with Gasteiger partial charge in [0, 0.05) is 11.1 Å². The molecule has 140 valence electrons. The van der Waals surface area contributed by atoms with Gasteiger partial charge in [0.25, 0.3) is 11.6 Å². The molecule has 2 rings (SSSR count). The molecule has 2 aromatic carbocycles. The number of methoxy groups -OCH3 is 1. The average Bonchev–Trinajstić information content (AvgIpc) is 2.65. The number of nitrogens with zero attached hydrogens (tertiary/aromatic N) is 1. The predicted octanol–water partition coefficient (Wildman–Crippen LogP) is 2.83. The molecule has 27 heavy (non-hydrogen) atoms. The fourth-order valence-corrected chi connectivity index (χ4v) is 2.28. The van der Waals surface area contributed by atoms with Crippen molar-refractivity contribution >= 4 is 40.8 Å². The Morgan fingerprint density at radius 1 is 1.11 bits per heavy atom. The van der Waals surface area contributed by atoms with E-state index >= 15 is 0 Å². The lowest BCUT2D eigenvalue weighted by atomic mass is 10.2. The summed E-state index contributed by atoms with van der Waals surface area (Å²) in [6, 6.07) is 9.48.